The summed E-state index contributed by atoms with van der Waals surface area (Å²) < 4.78 is 54.3. The molecule has 1 nitrogen and oxygen atoms in total. The van der Waals surface area contributed by atoms with Crippen LogP contribution in [0.3, 0.4) is 0 Å². The number of halogens is 4. The van der Waals surface area contributed by atoms with Crippen molar-refractivity contribution in [3.63, 3.8) is 0 Å². The van der Waals surface area contributed by atoms with Gasteiger partial charge in [-0.3, -0.25) is 0 Å². The van der Waals surface area contributed by atoms with Crippen LogP contribution in [-0.4, -0.2) is 13.3 Å². The van der Waals surface area contributed by atoms with Gasteiger partial charge in [0.15, 0.2) is 0 Å². The van der Waals surface area contributed by atoms with E-state index in [4.69, 9.17) is 0 Å². The summed E-state index contributed by atoms with van der Waals surface area (Å²) in [5.41, 5.74) is -1.66. The van der Waals surface area contributed by atoms with Crippen LogP contribution in [0.4, 0.5) is 17.6 Å². The molecule has 1 aromatic carbocycles. The maximum atomic E-state index is 12.9. The molecular weight excluding hydrogens is 212 g/mol. The van der Waals surface area contributed by atoms with Gasteiger partial charge < -0.3 is 4.74 Å². The third kappa shape index (κ3) is 2.71. The predicted molar refractivity (Wildman–Crippen MR) is 47.5 cm³/mol. The average Bonchev–Trinajstić information content (AvgIpc) is 2.17. The highest BCUT2D eigenvalue weighted by Crippen LogP contribution is 2.36. The minimum atomic E-state index is -4.78. The topological polar surface area (TPSA) is 9.23 Å². The van der Waals surface area contributed by atoms with E-state index < -0.39 is 17.8 Å². The molecule has 0 radical (unpaired) electrons. The molecule has 0 aromatic heterocycles. The number of alkyl halides is 3. The lowest BCUT2D eigenvalue weighted by atomic mass is 10.1. The lowest BCUT2D eigenvalue weighted by Gasteiger charge is -2.12. The van der Waals surface area contributed by atoms with Gasteiger partial charge in [-0.1, -0.05) is 30.3 Å². The highest BCUT2D eigenvalue weighted by molar-refractivity contribution is 5.70. The Kier molecular flexibility index (Phi) is 3.34. The summed E-state index contributed by atoms with van der Waals surface area (Å²) in [7, 11) is 0.851. The molecule has 0 bridgehead atoms. The Bertz CT molecular complexity index is 353. The summed E-state index contributed by atoms with van der Waals surface area (Å²) in [5.74, 6) is 0. The Morgan fingerprint density at radius 1 is 1.13 bits per heavy atom. The van der Waals surface area contributed by atoms with E-state index in [-0.39, 0.29) is 5.56 Å². The molecule has 1 aromatic rings. The van der Waals surface area contributed by atoms with Crippen molar-refractivity contribution >= 4 is 5.57 Å². The fraction of sp³-hybridized carbons (Fsp3) is 0.200. The molecule has 1 rings (SSSR count). The second-order valence-corrected chi connectivity index (χ2v) is 2.72. The number of rotatable bonds is 2. The maximum absolute atomic E-state index is 12.9. The molecule has 15 heavy (non-hydrogen) atoms. The fourth-order valence-corrected chi connectivity index (χ4v) is 1.10. The van der Waals surface area contributed by atoms with Crippen LogP contribution in [0.1, 0.15) is 5.56 Å². The molecule has 0 saturated carbocycles. The van der Waals surface area contributed by atoms with Crippen molar-refractivity contribution in [3.05, 3.63) is 41.9 Å². The SMILES string of the molecule is CO/C(F)=C(\c1ccccc1)C(F)(F)F. The van der Waals surface area contributed by atoms with Crippen LogP contribution >= 0.6 is 0 Å². The zero-order valence-electron chi connectivity index (χ0n) is 7.81. The summed E-state index contributed by atoms with van der Waals surface area (Å²) in [4.78, 5) is 0. The molecule has 0 atom stereocenters. The number of hydrogen-bond acceptors (Lipinski definition) is 1. The Labute approximate surface area is 84.0 Å². The summed E-state index contributed by atoms with van der Waals surface area (Å²) in [6, 6.07) is 5.03. The van der Waals surface area contributed by atoms with Crippen molar-refractivity contribution in [2.45, 2.75) is 6.18 Å². The second-order valence-electron chi connectivity index (χ2n) is 2.72. The molecule has 0 fully saturated rings. The van der Waals surface area contributed by atoms with Gasteiger partial charge in [-0.25, -0.2) is 0 Å². The van der Waals surface area contributed by atoms with Gasteiger partial charge in [-0.2, -0.15) is 17.6 Å². The van der Waals surface area contributed by atoms with Gasteiger partial charge in [0.25, 0.3) is 6.01 Å². The molecule has 0 spiro atoms. The minimum Gasteiger partial charge on any atom is -0.474 e. The zero-order chi connectivity index (χ0) is 11.5. The van der Waals surface area contributed by atoms with E-state index in [1.54, 1.807) is 6.07 Å². The van der Waals surface area contributed by atoms with Crippen LogP contribution in [0, 0.1) is 0 Å². The third-order valence-corrected chi connectivity index (χ3v) is 1.72. The van der Waals surface area contributed by atoms with E-state index in [0.29, 0.717) is 0 Å². The van der Waals surface area contributed by atoms with E-state index in [1.165, 1.54) is 24.3 Å². The van der Waals surface area contributed by atoms with Crippen LogP contribution in [-0.2, 0) is 4.74 Å². The highest BCUT2D eigenvalue weighted by Gasteiger charge is 2.39. The Balaban J connectivity index is 3.27. The van der Waals surface area contributed by atoms with Gasteiger partial charge in [0.2, 0.25) is 0 Å². The van der Waals surface area contributed by atoms with Gasteiger partial charge in [-0.05, 0) is 5.56 Å². The molecule has 0 heterocycles. The van der Waals surface area contributed by atoms with E-state index in [1.807, 2.05) is 0 Å². The van der Waals surface area contributed by atoms with Gasteiger partial charge >= 0.3 is 6.18 Å². The van der Waals surface area contributed by atoms with Crippen molar-refractivity contribution < 1.29 is 22.3 Å². The summed E-state index contributed by atoms with van der Waals surface area (Å²) in [6.45, 7) is 0. The molecule has 0 amide bonds. The van der Waals surface area contributed by atoms with Crippen molar-refractivity contribution in [1.29, 1.82) is 0 Å². The van der Waals surface area contributed by atoms with Crippen molar-refractivity contribution in [2.75, 3.05) is 7.11 Å². The first-order chi connectivity index (χ1) is 6.96. The summed E-state index contributed by atoms with van der Waals surface area (Å²) >= 11 is 0. The Morgan fingerprint density at radius 3 is 2.07 bits per heavy atom. The number of hydrogen-bond donors (Lipinski definition) is 0. The molecule has 0 unspecified atom stereocenters. The number of methoxy groups -OCH3 is 1. The molecule has 0 aliphatic rings. The third-order valence-electron chi connectivity index (χ3n) is 1.72. The minimum absolute atomic E-state index is 0.260. The maximum Gasteiger partial charge on any atom is 0.422 e. The first-order valence-corrected chi connectivity index (χ1v) is 4.03. The molecule has 0 aliphatic carbocycles. The number of ether oxygens (including phenoxy) is 1. The number of benzene rings is 1. The molecule has 82 valence electrons. The Hall–Kier alpha value is -1.52. The van der Waals surface area contributed by atoms with Crippen molar-refractivity contribution in [1.82, 2.24) is 0 Å². The first kappa shape index (κ1) is 11.6. The molecule has 5 heteroatoms. The lowest BCUT2D eigenvalue weighted by molar-refractivity contribution is -0.0726. The van der Waals surface area contributed by atoms with Gasteiger partial charge in [0.05, 0.1) is 7.11 Å². The van der Waals surface area contributed by atoms with E-state index in [9.17, 15) is 17.6 Å². The van der Waals surface area contributed by atoms with Gasteiger partial charge in [-0.15, -0.1) is 0 Å². The van der Waals surface area contributed by atoms with E-state index in [0.717, 1.165) is 7.11 Å². The predicted octanol–water partition coefficient (Wildman–Crippen LogP) is 3.53. The van der Waals surface area contributed by atoms with E-state index in [2.05, 4.69) is 4.74 Å². The average molecular weight is 220 g/mol. The monoisotopic (exact) mass is 220 g/mol. The zero-order valence-corrected chi connectivity index (χ0v) is 7.81. The quantitative estimate of drug-likeness (QED) is 0.547. The standard InChI is InChI=1S/C10H8F4O/c1-15-9(11)8(10(12,13)14)7-5-3-2-4-6-7/h2-6H,1H3/b9-8+. The van der Waals surface area contributed by atoms with Crippen LogP contribution in [0.5, 0.6) is 0 Å². The molecule has 0 aliphatic heterocycles. The second kappa shape index (κ2) is 4.33. The first-order valence-electron chi connectivity index (χ1n) is 4.03. The van der Waals surface area contributed by atoms with Crippen LogP contribution in [0.25, 0.3) is 5.57 Å². The Morgan fingerprint density at radius 2 is 1.67 bits per heavy atom. The van der Waals surface area contributed by atoms with Crippen LogP contribution in [0.2, 0.25) is 0 Å². The largest absolute Gasteiger partial charge is 0.474 e. The summed E-state index contributed by atoms with van der Waals surface area (Å²) in [5, 5.41) is 0. The van der Waals surface area contributed by atoms with Gasteiger partial charge in [0, 0.05) is 0 Å². The molecular formula is C10H8F4O. The highest BCUT2D eigenvalue weighted by atomic mass is 19.4. The van der Waals surface area contributed by atoms with Crippen molar-refractivity contribution in [3.8, 4) is 0 Å². The lowest BCUT2D eigenvalue weighted by Crippen LogP contribution is -2.13. The molecule has 0 N–H and O–H groups in total. The summed E-state index contributed by atoms with van der Waals surface area (Å²) in [6.07, 6.45) is -4.78. The number of allylic oxidation sites excluding steroid dienone is 1. The fourth-order valence-electron chi connectivity index (χ4n) is 1.10. The van der Waals surface area contributed by atoms with Gasteiger partial charge in [0.1, 0.15) is 5.57 Å². The van der Waals surface area contributed by atoms with Crippen LogP contribution in [0.15, 0.2) is 36.3 Å². The smallest absolute Gasteiger partial charge is 0.422 e. The van der Waals surface area contributed by atoms with E-state index >= 15 is 0 Å². The molecule has 0 saturated heterocycles. The normalized spacial score (nSPS) is 13.4. The van der Waals surface area contributed by atoms with Crippen molar-refractivity contribution in [2.24, 2.45) is 0 Å². The van der Waals surface area contributed by atoms with Crippen LogP contribution < -0.4 is 0 Å².